The van der Waals surface area contributed by atoms with Crippen molar-refractivity contribution in [2.45, 2.75) is 38.8 Å². The smallest absolute Gasteiger partial charge is 0.175 e. The van der Waals surface area contributed by atoms with Crippen LogP contribution in [-0.4, -0.2) is 12.8 Å². The summed E-state index contributed by atoms with van der Waals surface area (Å²) in [6.45, 7) is 5.13. The standard InChI is InChI=1S/C35H32ClIN2O2/c1-3-40-33-19-24(18-31(37)35(33)41-21-23-8-12-26(36)13-9-23)20-38-27-14-10-25(11-15-27)34-29-6-4-5-28(29)30-17-22(2)7-16-32(30)39-34/h4-5,7-20,28-29,34,39H,3,6,21H2,1-2H3/t28-,29+,34+/m1/s1. The monoisotopic (exact) mass is 674 g/mol. The maximum Gasteiger partial charge on any atom is 0.175 e. The van der Waals surface area contributed by atoms with E-state index in [9.17, 15) is 0 Å². The van der Waals surface area contributed by atoms with Crippen LogP contribution < -0.4 is 14.8 Å². The van der Waals surface area contributed by atoms with Crippen molar-refractivity contribution in [1.29, 1.82) is 0 Å². The largest absolute Gasteiger partial charge is 0.490 e. The molecule has 3 atom stereocenters. The number of rotatable bonds is 8. The molecule has 2 aliphatic rings. The fourth-order valence-corrected chi connectivity index (χ4v) is 6.67. The van der Waals surface area contributed by atoms with Crippen molar-refractivity contribution in [2.75, 3.05) is 11.9 Å². The third-order valence-electron chi connectivity index (χ3n) is 7.76. The van der Waals surface area contributed by atoms with Crippen molar-refractivity contribution in [2.24, 2.45) is 10.9 Å². The van der Waals surface area contributed by atoms with Gasteiger partial charge in [0.25, 0.3) is 0 Å². The minimum absolute atomic E-state index is 0.277. The van der Waals surface area contributed by atoms with Crippen LogP contribution in [0.1, 0.15) is 53.1 Å². The lowest BCUT2D eigenvalue weighted by molar-refractivity contribution is 0.267. The molecule has 0 bridgehead atoms. The maximum absolute atomic E-state index is 6.16. The summed E-state index contributed by atoms with van der Waals surface area (Å²) in [7, 11) is 0. The second-order valence-corrected chi connectivity index (χ2v) is 12.2. The van der Waals surface area contributed by atoms with E-state index >= 15 is 0 Å². The average Bonchev–Trinajstić information content (AvgIpc) is 3.47. The van der Waals surface area contributed by atoms with Gasteiger partial charge in [0.05, 0.1) is 21.9 Å². The summed E-state index contributed by atoms with van der Waals surface area (Å²) in [5, 5.41) is 4.54. The third kappa shape index (κ3) is 6.16. The van der Waals surface area contributed by atoms with E-state index in [0.717, 1.165) is 32.6 Å². The first-order valence-electron chi connectivity index (χ1n) is 14.0. The van der Waals surface area contributed by atoms with Crippen LogP contribution in [0, 0.1) is 16.4 Å². The highest BCUT2D eigenvalue weighted by Crippen LogP contribution is 2.50. The van der Waals surface area contributed by atoms with E-state index in [1.54, 1.807) is 0 Å². The molecule has 6 rings (SSSR count). The Hall–Kier alpha value is -3.29. The van der Waals surface area contributed by atoms with E-state index in [1.807, 2.05) is 43.5 Å². The lowest BCUT2D eigenvalue weighted by Crippen LogP contribution is -2.29. The van der Waals surface area contributed by atoms with E-state index < -0.39 is 0 Å². The highest BCUT2D eigenvalue weighted by Gasteiger charge is 2.37. The number of nitrogens with one attached hydrogen (secondary N) is 1. The number of hydrogen-bond donors (Lipinski definition) is 1. The number of nitrogens with zero attached hydrogens (tertiary/aromatic N) is 1. The van der Waals surface area contributed by atoms with Gasteiger partial charge < -0.3 is 14.8 Å². The number of benzene rings is 4. The van der Waals surface area contributed by atoms with Crippen LogP contribution in [0.5, 0.6) is 11.5 Å². The Morgan fingerprint density at radius 3 is 2.59 bits per heavy atom. The molecule has 1 heterocycles. The average molecular weight is 675 g/mol. The van der Waals surface area contributed by atoms with Crippen LogP contribution in [0.4, 0.5) is 11.4 Å². The number of hydrogen-bond acceptors (Lipinski definition) is 4. The Kier molecular flexibility index (Phi) is 8.35. The molecule has 6 heteroatoms. The van der Waals surface area contributed by atoms with Crippen LogP contribution in [0.25, 0.3) is 0 Å². The quantitative estimate of drug-likeness (QED) is 0.115. The molecule has 0 saturated heterocycles. The molecule has 0 amide bonds. The topological polar surface area (TPSA) is 42.8 Å². The molecular formula is C35H32ClIN2O2. The zero-order chi connectivity index (χ0) is 28.3. The summed E-state index contributed by atoms with van der Waals surface area (Å²) in [5.74, 6) is 2.44. The van der Waals surface area contributed by atoms with Crippen molar-refractivity contribution >= 4 is 51.8 Å². The van der Waals surface area contributed by atoms with Crippen molar-refractivity contribution in [3.05, 3.63) is 127 Å². The van der Waals surface area contributed by atoms with E-state index in [-0.39, 0.29) is 6.04 Å². The van der Waals surface area contributed by atoms with E-state index in [0.29, 0.717) is 35.8 Å². The summed E-state index contributed by atoms with van der Waals surface area (Å²) in [6, 6.07) is 27.4. The molecule has 1 aliphatic carbocycles. The molecule has 4 aromatic carbocycles. The number of fused-ring (bicyclic) bond motifs is 3. The van der Waals surface area contributed by atoms with Gasteiger partial charge in [-0.15, -0.1) is 0 Å². The first kappa shape index (κ1) is 27.9. The molecule has 1 N–H and O–H groups in total. The van der Waals surface area contributed by atoms with Crippen molar-refractivity contribution in [3.63, 3.8) is 0 Å². The summed E-state index contributed by atoms with van der Waals surface area (Å²) in [5.41, 5.74) is 8.19. The molecule has 4 nitrogen and oxygen atoms in total. The molecule has 0 aromatic heterocycles. The van der Waals surface area contributed by atoms with Gasteiger partial charge in [-0.1, -0.05) is 65.7 Å². The van der Waals surface area contributed by atoms with Crippen molar-refractivity contribution in [3.8, 4) is 11.5 Å². The van der Waals surface area contributed by atoms with Crippen LogP contribution >= 0.6 is 34.2 Å². The maximum atomic E-state index is 6.16. The first-order chi connectivity index (χ1) is 20.0. The number of anilines is 1. The Morgan fingerprint density at radius 1 is 1.00 bits per heavy atom. The van der Waals surface area contributed by atoms with Crippen LogP contribution in [0.15, 0.2) is 96.0 Å². The molecule has 0 spiro atoms. The summed E-state index contributed by atoms with van der Waals surface area (Å²) < 4.78 is 13.1. The van der Waals surface area contributed by atoms with Crippen molar-refractivity contribution < 1.29 is 9.47 Å². The van der Waals surface area contributed by atoms with Gasteiger partial charge in [-0.2, -0.15) is 0 Å². The molecule has 0 saturated carbocycles. The highest BCUT2D eigenvalue weighted by molar-refractivity contribution is 14.1. The van der Waals surface area contributed by atoms with Gasteiger partial charge in [0, 0.05) is 22.8 Å². The Labute approximate surface area is 260 Å². The molecule has 1 aliphatic heterocycles. The minimum Gasteiger partial charge on any atom is -0.490 e. The second kappa shape index (κ2) is 12.3. The molecular weight excluding hydrogens is 643 g/mol. The van der Waals surface area contributed by atoms with E-state index in [1.165, 1.54) is 22.4 Å². The Balaban J connectivity index is 1.17. The number of aryl methyl sites for hydroxylation is 1. The van der Waals surface area contributed by atoms with Crippen LogP contribution in [0.2, 0.25) is 5.02 Å². The molecule has 4 aromatic rings. The van der Waals surface area contributed by atoms with Gasteiger partial charge in [-0.3, -0.25) is 4.99 Å². The predicted octanol–water partition coefficient (Wildman–Crippen LogP) is 9.81. The first-order valence-corrected chi connectivity index (χ1v) is 15.5. The summed E-state index contributed by atoms with van der Waals surface area (Å²) >= 11 is 8.31. The molecule has 41 heavy (non-hydrogen) atoms. The van der Waals surface area contributed by atoms with Crippen molar-refractivity contribution in [1.82, 2.24) is 0 Å². The SMILES string of the molecule is CCOc1cc(C=Nc2ccc([C@@H]3Nc4ccc(C)cc4[C@@H]4C=CC[C@@H]43)cc2)cc(I)c1OCc1ccc(Cl)cc1. The fraction of sp³-hybridized carbons (Fsp3) is 0.229. The number of aliphatic imine (C=N–C) groups is 1. The van der Waals surface area contributed by atoms with Gasteiger partial charge in [-0.25, -0.2) is 0 Å². The predicted molar refractivity (Wildman–Crippen MR) is 177 cm³/mol. The van der Waals surface area contributed by atoms with E-state index in [4.69, 9.17) is 26.1 Å². The van der Waals surface area contributed by atoms with E-state index in [2.05, 4.69) is 95.5 Å². The lowest BCUT2D eigenvalue weighted by Gasteiger charge is -2.37. The molecule has 208 valence electrons. The summed E-state index contributed by atoms with van der Waals surface area (Å²) in [6.07, 6.45) is 7.71. The Morgan fingerprint density at radius 2 is 1.80 bits per heavy atom. The number of allylic oxidation sites excluding steroid dienone is 2. The van der Waals surface area contributed by atoms with Gasteiger partial charge >= 0.3 is 0 Å². The fourth-order valence-electron chi connectivity index (χ4n) is 5.76. The zero-order valence-electron chi connectivity index (χ0n) is 23.1. The minimum atomic E-state index is 0.277. The third-order valence-corrected chi connectivity index (χ3v) is 8.81. The number of ether oxygens (including phenoxy) is 2. The van der Waals surface area contributed by atoms with Gasteiger partial charge in [0.1, 0.15) is 6.61 Å². The van der Waals surface area contributed by atoms with Crippen LogP contribution in [0.3, 0.4) is 0 Å². The highest BCUT2D eigenvalue weighted by atomic mass is 127. The molecule has 0 unspecified atom stereocenters. The normalized spacial score (nSPS) is 19.1. The van der Waals surface area contributed by atoms with Crippen LogP contribution in [-0.2, 0) is 6.61 Å². The lowest BCUT2D eigenvalue weighted by atomic mass is 9.76. The Bertz CT molecular complexity index is 1600. The second-order valence-electron chi connectivity index (χ2n) is 10.6. The van der Waals surface area contributed by atoms with Gasteiger partial charge in [-0.05, 0) is 113 Å². The zero-order valence-corrected chi connectivity index (χ0v) is 26.0. The summed E-state index contributed by atoms with van der Waals surface area (Å²) in [4.78, 5) is 4.78. The van der Waals surface area contributed by atoms with Gasteiger partial charge in [0.2, 0.25) is 0 Å². The molecule has 0 fully saturated rings. The number of halogens is 2. The molecule has 0 radical (unpaired) electrons. The van der Waals surface area contributed by atoms with Gasteiger partial charge in [0.15, 0.2) is 11.5 Å².